The number of nitrogens with zero attached hydrogens (tertiary/aromatic N) is 4. The van der Waals surface area contributed by atoms with Crippen LogP contribution in [0.5, 0.6) is 5.88 Å². The van der Waals surface area contributed by atoms with Crippen molar-refractivity contribution in [3.8, 4) is 5.88 Å². The monoisotopic (exact) mass is 435 g/mol. The van der Waals surface area contributed by atoms with Crippen LogP contribution in [0.4, 0.5) is 17.6 Å². The van der Waals surface area contributed by atoms with Gasteiger partial charge in [0, 0.05) is 18.3 Å². The zero-order chi connectivity index (χ0) is 22.3. The number of nitrogens with one attached hydrogen (secondary N) is 3. The van der Waals surface area contributed by atoms with E-state index >= 15 is 0 Å². The molecule has 0 bridgehead atoms. The van der Waals surface area contributed by atoms with Gasteiger partial charge in [-0.25, -0.2) is 9.78 Å². The molecule has 3 heterocycles. The molecule has 11 heteroatoms. The second kappa shape index (κ2) is 9.60. The number of carbonyl (C=O) groups is 1. The molecule has 4 aromatic rings. The fourth-order valence-corrected chi connectivity index (χ4v) is 2.82. The fraction of sp³-hybridized carbons (Fsp3) is 0.190. The summed E-state index contributed by atoms with van der Waals surface area (Å²) in [7, 11) is 1.35. The number of benzene rings is 1. The third-order valence-electron chi connectivity index (χ3n) is 4.30. The van der Waals surface area contributed by atoms with Gasteiger partial charge < -0.3 is 24.6 Å². The Morgan fingerprint density at radius 3 is 2.94 bits per heavy atom. The highest BCUT2D eigenvalue weighted by molar-refractivity contribution is 5.89. The summed E-state index contributed by atoms with van der Waals surface area (Å²) in [6.07, 6.45) is 1.63. The van der Waals surface area contributed by atoms with Gasteiger partial charge in [0.05, 0.1) is 24.9 Å². The topological polar surface area (TPSA) is 140 Å². The van der Waals surface area contributed by atoms with Gasteiger partial charge in [-0.1, -0.05) is 17.3 Å². The number of hydrogen-bond acceptors (Lipinski definition) is 10. The van der Waals surface area contributed by atoms with Crippen LogP contribution in [0.15, 0.2) is 53.2 Å². The minimum atomic E-state index is -0.396. The first-order chi connectivity index (χ1) is 15.6. The van der Waals surface area contributed by atoms with Gasteiger partial charge in [-0.2, -0.15) is 4.98 Å². The van der Waals surface area contributed by atoms with Crippen molar-refractivity contribution < 1.29 is 18.8 Å². The Morgan fingerprint density at radius 2 is 2.12 bits per heavy atom. The molecule has 0 aliphatic rings. The van der Waals surface area contributed by atoms with Gasteiger partial charge in [0.25, 0.3) is 0 Å². The van der Waals surface area contributed by atoms with Crippen LogP contribution in [0.1, 0.15) is 27.4 Å². The molecule has 0 radical (unpaired) electrons. The van der Waals surface area contributed by atoms with E-state index in [-0.39, 0.29) is 6.61 Å². The van der Waals surface area contributed by atoms with E-state index in [1.807, 2.05) is 19.1 Å². The molecule has 0 amide bonds. The largest absolute Gasteiger partial charge is 0.472 e. The molecular formula is C21H21N7O4. The van der Waals surface area contributed by atoms with Crippen LogP contribution in [0.2, 0.25) is 0 Å². The highest BCUT2D eigenvalue weighted by Crippen LogP contribution is 2.19. The SMILES string of the molecule is COC(=O)c1cccc(COc2cc(Nc3ccnc(NCc4cc(C)no4)n3)[nH]n2)c1. The van der Waals surface area contributed by atoms with Crippen LogP contribution in [-0.4, -0.2) is 38.4 Å². The number of aromatic amines is 1. The zero-order valence-corrected chi connectivity index (χ0v) is 17.5. The van der Waals surface area contributed by atoms with E-state index in [1.165, 1.54) is 7.11 Å². The third-order valence-corrected chi connectivity index (χ3v) is 4.30. The minimum Gasteiger partial charge on any atom is -0.472 e. The molecule has 0 aliphatic carbocycles. The smallest absolute Gasteiger partial charge is 0.337 e. The van der Waals surface area contributed by atoms with Crippen LogP contribution < -0.4 is 15.4 Å². The lowest BCUT2D eigenvalue weighted by Crippen LogP contribution is -2.04. The van der Waals surface area contributed by atoms with E-state index < -0.39 is 5.97 Å². The van der Waals surface area contributed by atoms with Crippen molar-refractivity contribution in [1.82, 2.24) is 25.3 Å². The second-order valence-corrected chi connectivity index (χ2v) is 6.78. The average molecular weight is 435 g/mol. The molecule has 1 aromatic carbocycles. The van der Waals surface area contributed by atoms with Crippen LogP contribution in [-0.2, 0) is 17.9 Å². The van der Waals surface area contributed by atoms with E-state index in [0.717, 1.165) is 11.3 Å². The van der Waals surface area contributed by atoms with Gasteiger partial charge >= 0.3 is 5.97 Å². The molecule has 32 heavy (non-hydrogen) atoms. The summed E-state index contributed by atoms with van der Waals surface area (Å²) in [5, 5.41) is 17.0. The van der Waals surface area contributed by atoms with Crippen molar-refractivity contribution in [1.29, 1.82) is 0 Å². The molecule has 0 aliphatic heterocycles. The highest BCUT2D eigenvalue weighted by Gasteiger charge is 2.08. The van der Waals surface area contributed by atoms with Crippen LogP contribution >= 0.6 is 0 Å². The molecule has 4 rings (SSSR count). The van der Waals surface area contributed by atoms with Crippen molar-refractivity contribution >= 4 is 23.6 Å². The Labute approximate surface area is 183 Å². The number of methoxy groups -OCH3 is 1. The van der Waals surface area contributed by atoms with Gasteiger partial charge in [-0.3, -0.25) is 5.10 Å². The second-order valence-electron chi connectivity index (χ2n) is 6.78. The van der Waals surface area contributed by atoms with Crippen molar-refractivity contribution in [2.45, 2.75) is 20.1 Å². The van der Waals surface area contributed by atoms with Crippen LogP contribution in [0.3, 0.4) is 0 Å². The summed E-state index contributed by atoms with van der Waals surface area (Å²) in [6, 6.07) is 12.3. The molecule has 3 aromatic heterocycles. The van der Waals surface area contributed by atoms with Gasteiger partial charge in [-0.15, -0.1) is 5.10 Å². The van der Waals surface area contributed by atoms with Crippen molar-refractivity contribution in [3.63, 3.8) is 0 Å². The molecule has 0 atom stereocenters. The Balaban J connectivity index is 1.32. The number of rotatable bonds is 9. The van der Waals surface area contributed by atoms with E-state index in [1.54, 1.807) is 36.5 Å². The number of hydrogen-bond donors (Lipinski definition) is 3. The maximum atomic E-state index is 11.6. The first-order valence-corrected chi connectivity index (χ1v) is 9.70. The number of aromatic nitrogens is 5. The number of carbonyl (C=O) groups excluding carboxylic acids is 1. The predicted octanol–water partition coefficient (Wildman–Crippen LogP) is 3.22. The first kappa shape index (κ1) is 20.8. The lowest BCUT2D eigenvalue weighted by Gasteiger charge is -2.06. The molecule has 0 spiro atoms. The normalized spacial score (nSPS) is 10.6. The summed E-state index contributed by atoms with van der Waals surface area (Å²) >= 11 is 0. The Bertz CT molecular complexity index is 1200. The minimum absolute atomic E-state index is 0.248. The van der Waals surface area contributed by atoms with Crippen LogP contribution in [0.25, 0.3) is 0 Å². The number of anilines is 3. The lowest BCUT2D eigenvalue weighted by molar-refractivity contribution is 0.0600. The zero-order valence-electron chi connectivity index (χ0n) is 17.5. The molecule has 0 unspecified atom stereocenters. The molecule has 0 fully saturated rings. The quantitative estimate of drug-likeness (QED) is 0.336. The lowest BCUT2D eigenvalue weighted by atomic mass is 10.1. The van der Waals surface area contributed by atoms with Crippen molar-refractivity contribution in [3.05, 3.63) is 71.2 Å². The fourth-order valence-electron chi connectivity index (χ4n) is 2.82. The molecule has 3 N–H and O–H groups in total. The predicted molar refractivity (Wildman–Crippen MR) is 115 cm³/mol. The number of esters is 1. The van der Waals surface area contributed by atoms with Gasteiger partial charge in [0.1, 0.15) is 18.2 Å². The maximum Gasteiger partial charge on any atom is 0.337 e. The highest BCUT2D eigenvalue weighted by atomic mass is 16.5. The van der Waals surface area contributed by atoms with E-state index in [9.17, 15) is 4.79 Å². The summed E-state index contributed by atoms with van der Waals surface area (Å²) in [6.45, 7) is 2.52. The molecule has 0 saturated heterocycles. The first-order valence-electron chi connectivity index (χ1n) is 9.70. The summed E-state index contributed by atoms with van der Waals surface area (Å²) in [5.41, 5.74) is 2.09. The van der Waals surface area contributed by atoms with Crippen molar-refractivity contribution in [2.75, 3.05) is 17.7 Å². The summed E-state index contributed by atoms with van der Waals surface area (Å²) < 4.78 is 15.6. The summed E-state index contributed by atoms with van der Waals surface area (Å²) in [5.74, 6) is 2.29. The van der Waals surface area contributed by atoms with Gasteiger partial charge in [0.2, 0.25) is 11.8 Å². The molecule has 0 saturated carbocycles. The Hall–Kier alpha value is -4.41. The molecule has 164 valence electrons. The number of aryl methyl sites for hydroxylation is 1. The van der Waals surface area contributed by atoms with Crippen LogP contribution in [0, 0.1) is 6.92 Å². The van der Waals surface area contributed by atoms with Gasteiger partial charge in [0.15, 0.2) is 5.76 Å². The van der Waals surface area contributed by atoms with Crippen molar-refractivity contribution in [2.24, 2.45) is 0 Å². The molecule has 11 nitrogen and oxygen atoms in total. The number of ether oxygens (including phenoxy) is 2. The van der Waals surface area contributed by atoms with E-state index in [2.05, 4.69) is 36.0 Å². The number of H-pyrrole nitrogens is 1. The standard InChI is InChI=1S/C21H21N7O4/c1-13-8-16(32-28-13)11-23-21-22-7-6-17(25-21)24-18-10-19(27-26-18)31-12-14-4-3-5-15(9-14)20(29)30-2/h3-10H,11-12H2,1-2H3,(H3,22,23,24,25,26,27). The third kappa shape index (κ3) is 5.39. The Kier molecular flexibility index (Phi) is 6.25. The molecular weight excluding hydrogens is 414 g/mol. The Morgan fingerprint density at radius 1 is 1.22 bits per heavy atom. The van der Waals surface area contributed by atoms with E-state index in [4.69, 9.17) is 14.0 Å². The van der Waals surface area contributed by atoms with E-state index in [0.29, 0.717) is 41.3 Å². The maximum absolute atomic E-state index is 11.6. The van der Waals surface area contributed by atoms with Gasteiger partial charge in [-0.05, 0) is 30.7 Å². The summed E-state index contributed by atoms with van der Waals surface area (Å²) in [4.78, 5) is 20.2. The average Bonchev–Trinajstić information content (AvgIpc) is 3.44.